The lowest BCUT2D eigenvalue weighted by molar-refractivity contribution is -0.154. The van der Waals surface area contributed by atoms with E-state index < -0.39 is 74.8 Å². The van der Waals surface area contributed by atoms with Crippen molar-refractivity contribution in [2.75, 3.05) is 0 Å². The van der Waals surface area contributed by atoms with Crippen LogP contribution < -0.4 is 0 Å². The van der Waals surface area contributed by atoms with Crippen LogP contribution >= 0.6 is 0 Å². The molecule has 0 amide bonds. The lowest BCUT2D eigenvalue weighted by Gasteiger charge is -2.49. The molecule has 5 aliphatic rings. The van der Waals surface area contributed by atoms with Gasteiger partial charge in [-0.25, -0.2) is 0 Å². The molecule has 9 nitrogen and oxygen atoms in total. The summed E-state index contributed by atoms with van der Waals surface area (Å²) in [6.45, 7) is 0. The Labute approximate surface area is 123 Å². The number of rotatable bonds is 1. The molecule has 5 rings (SSSR count). The SMILES string of the molecule is O=C1OC(=O)C2C1C1CC(S(=O)(=O)O)C2C2C(=O)OC(=O)C12. The molecule has 5 fully saturated rings. The molecule has 3 saturated carbocycles. The van der Waals surface area contributed by atoms with Crippen LogP contribution in [0.5, 0.6) is 0 Å². The van der Waals surface area contributed by atoms with Crippen LogP contribution in [0.25, 0.3) is 0 Å². The van der Waals surface area contributed by atoms with Crippen molar-refractivity contribution < 1.29 is 41.6 Å². The quantitative estimate of drug-likeness (QED) is 0.346. The summed E-state index contributed by atoms with van der Waals surface area (Å²) in [5.74, 6) is -9.72. The maximum absolute atomic E-state index is 11.9. The number of ether oxygens (including phenoxy) is 2. The molecule has 10 heteroatoms. The number of esters is 4. The Hall–Kier alpha value is -1.81. The van der Waals surface area contributed by atoms with Crippen LogP contribution in [0, 0.1) is 35.5 Å². The molecule has 22 heavy (non-hydrogen) atoms. The fourth-order valence-electron chi connectivity index (χ4n) is 4.68. The summed E-state index contributed by atoms with van der Waals surface area (Å²) in [7, 11) is -4.55. The summed E-state index contributed by atoms with van der Waals surface area (Å²) in [4.78, 5) is 47.5. The van der Waals surface area contributed by atoms with Crippen LogP contribution in [0.3, 0.4) is 0 Å². The molecular weight excluding hydrogens is 320 g/mol. The number of hydrogen-bond donors (Lipinski definition) is 1. The molecule has 2 heterocycles. The van der Waals surface area contributed by atoms with Crippen molar-refractivity contribution in [3.8, 4) is 0 Å². The van der Waals surface area contributed by atoms with Crippen molar-refractivity contribution in [1.29, 1.82) is 0 Å². The van der Waals surface area contributed by atoms with Crippen molar-refractivity contribution >= 4 is 34.0 Å². The first-order valence-electron chi connectivity index (χ1n) is 6.69. The highest BCUT2D eigenvalue weighted by atomic mass is 32.2. The van der Waals surface area contributed by atoms with E-state index in [2.05, 4.69) is 9.47 Å². The van der Waals surface area contributed by atoms with Crippen molar-refractivity contribution in [3.05, 3.63) is 0 Å². The third-order valence-electron chi connectivity index (χ3n) is 5.33. The lowest BCUT2D eigenvalue weighted by Crippen LogP contribution is -2.60. The van der Waals surface area contributed by atoms with E-state index in [9.17, 15) is 32.1 Å². The van der Waals surface area contributed by atoms with Crippen molar-refractivity contribution in [2.45, 2.75) is 11.7 Å². The molecule has 1 N–H and O–H groups in total. The predicted octanol–water partition coefficient (Wildman–Crippen LogP) is -1.48. The van der Waals surface area contributed by atoms with E-state index in [4.69, 9.17) is 0 Å². The van der Waals surface area contributed by atoms with E-state index in [1.807, 2.05) is 0 Å². The minimum absolute atomic E-state index is 0.184. The molecule has 0 spiro atoms. The maximum atomic E-state index is 11.9. The Bertz CT molecular complexity index is 696. The van der Waals surface area contributed by atoms with Crippen molar-refractivity contribution in [2.24, 2.45) is 35.5 Å². The zero-order valence-electron chi connectivity index (χ0n) is 10.9. The van der Waals surface area contributed by atoms with Crippen molar-refractivity contribution in [3.63, 3.8) is 0 Å². The van der Waals surface area contributed by atoms with Crippen LogP contribution in [0.4, 0.5) is 0 Å². The van der Waals surface area contributed by atoms with Gasteiger partial charge in [-0.1, -0.05) is 0 Å². The van der Waals surface area contributed by atoms with E-state index in [-0.39, 0.29) is 6.42 Å². The Kier molecular flexibility index (Phi) is 2.47. The molecular formula is C12H10O9S. The van der Waals surface area contributed by atoms with Gasteiger partial charge in [0, 0.05) is 5.92 Å². The van der Waals surface area contributed by atoms with Gasteiger partial charge in [0.05, 0.1) is 28.9 Å². The third kappa shape index (κ3) is 1.48. The monoisotopic (exact) mass is 330 g/mol. The topological polar surface area (TPSA) is 141 Å². The van der Waals surface area contributed by atoms with E-state index in [0.717, 1.165) is 0 Å². The van der Waals surface area contributed by atoms with Gasteiger partial charge in [-0.3, -0.25) is 23.7 Å². The Morgan fingerprint density at radius 1 is 0.818 bits per heavy atom. The largest absolute Gasteiger partial charge is 0.393 e. The first kappa shape index (κ1) is 13.8. The van der Waals surface area contributed by atoms with Gasteiger partial charge in [-0.05, 0) is 12.3 Å². The molecule has 118 valence electrons. The molecule has 0 radical (unpaired) electrons. The van der Waals surface area contributed by atoms with Crippen LogP contribution in [-0.2, 0) is 38.8 Å². The Morgan fingerprint density at radius 3 is 1.64 bits per heavy atom. The maximum Gasteiger partial charge on any atom is 0.317 e. The first-order valence-corrected chi connectivity index (χ1v) is 8.19. The molecule has 5 unspecified atom stereocenters. The highest BCUT2D eigenvalue weighted by Crippen LogP contribution is 2.60. The summed E-state index contributed by atoms with van der Waals surface area (Å²) in [6.07, 6.45) is -0.184. The molecule has 0 aromatic carbocycles. The van der Waals surface area contributed by atoms with Crippen molar-refractivity contribution in [1.82, 2.24) is 0 Å². The normalized spacial score (nSPS) is 46.3. The average molecular weight is 330 g/mol. The van der Waals surface area contributed by atoms with E-state index >= 15 is 0 Å². The minimum atomic E-state index is -4.55. The van der Waals surface area contributed by atoms with Crippen LogP contribution in [0.15, 0.2) is 0 Å². The Morgan fingerprint density at radius 2 is 1.23 bits per heavy atom. The second-order valence-corrected chi connectivity index (χ2v) is 7.75. The summed E-state index contributed by atoms with van der Waals surface area (Å²) in [6, 6.07) is 0. The van der Waals surface area contributed by atoms with Gasteiger partial charge >= 0.3 is 23.9 Å². The van der Waals surface area contributed by atoms with Crippen LogP contribution in [0.1, 0.15) is 6.42 Å². The highest BCUT2D eigenvalue weighted by Gasteiger charge is 2.73. The standard InChI is InChI=1S/C12H10O9S/c13-9-4-2-1-3(22(17,18)19)6(7(4)11(15)20-9)8-5(2)10(14)21-12(8)16/h2-8H,1H2,(H,17,18,19). The number of cyclic esters (lactones) is 4. The molecule has 2 bridgehead atoms. The van der Waals surface area contributed by atoms with Crippen LogP contribution in [-0.4, -0.2) is 42.1 Å². The van der Waals surface area contributed by atoms with Gasteiger partial charge in [0.15, 0.2) is 0 Å². The number of carbonyl (C=O) groups is 4. The van der Waals surface area contributed by atoms with Gasteiger partial charge in [0.2, 0.25) is 0 Å². The molecule has 2 aliphatic heterocycles. The average Bonchev–Trinajstić information content (AvgIpc) is 2.89. The second-order valence-electron chi connectivity index (χ2n) is 6.11. The number of carbonyl (C=O) groups excluding carboxylic acids is 4. The van der Waals surface area contributed by atoms with Gasteiger partial charge < -0.3 is 9.47 Å². The van der Waals surface area contributed by atoms with E-state index in [1.54, 1.807) is 0 Å². The van der Waals surface area contributed by atoms with Crippen LogP contribution in [0.2, 0.25) is 0 Å². The van der Waals surface area contributed by atoms with Gasteiger partial charge in [-0.2, -0.15) is 8.42 Å². The molecule has 3 aliphatic carbocycles. The molecule has 0 aromatic heterocycles. The lowest BCUT2D eigenvalue weighted by atomic mass is 9.51. The fraction of sp³-hybridized carbons (Fsp3) is 0.667. The molecule has 0 aromatic rings. The smallest absolute Gasteiger partial charge is 0.317 e. The van der Waals surface area contributed by atoms with Gasteiger partial charge in [0.25, 0.3) is 10.1 Å². The summed E-state index contributed by atoms with van der Waals surface area (Å²) < 4.78 is 41.8. The predicted molar refractivity (Wildman–Crippen MR) is 63.1 cm³/mol. The summed E-state index contributed by atoms with van der Waals surface area (Å²) in [5.41, 5.74) is 0. The van der Waals surface area contributed by atoms with Gasteiger partial charge in [-0.15, -0.1) is 0 Å². The zero-order chi connectivity index (χ0) is 16.0. The number of fused-ring (bicyclic) bond motifs is 1. The second kappa shape index (κ2) is 3.93. The Balaban J connectivity index is 1.90. The highest BCUT2D eigenvalue weighted by molar-refractivity contribution is 7.86. The fourth-order valence-corrected chi connectivity index (χ4v) is 5.88. The zero-order valence-corrected chi connectivity index (χ0v) is 11.7. The molecule has 2 saturated heterocycles. The van der Waals surface area contributed by atoms with E-state index in [1.165, 1.54) is 0 Å². The summed E-state index contributed by atoms with van der Waals surface area (Å²) >= 11 is 0. The summed E-state index contributed by atoms with van der Waals surface area (Å²) in [5, 5.41) is -1.39. The minimum Gasteiger partial charge on any atom is -0.393 e. The number of hydrogen-bond acceptors (Lipinski definition) is 8. The first-order chi connectivity index (χ1) is 10.2. The van der Waals surface area contributed by atoms with Gasteiger partial charge in [0.1, 0.15) is 0 Å². The van der Waals surface area contributed by atoms with E-state index in [0.29, 0.717) is 0 Å². The molecule has 5 atom stereocenters. The third-order valence-corrected chi connectivity index (χ3v) is 6.60.